The molecule has 5 rings (SSSR count). The first kappa shape index (κ1) is 24.6. The van der Waals surface area contributed by atoms with Gasteiger partial charge in [0, 0.05) is 30.8 Å². The van der Waals surface area contributed by atoms with Crippen LogP contribution < -0.4 is 11.1 Å². The summed E-state index contributed by atoms with van der Waals surface area (Å²) in [5, 5.41) is 14.2. The molecule has 0 saturated carbocycles. The van der Waals surface area contributed by atoms with E-state index in [1.807, 2.05) is 35.8 Å². The maximum absolute atomic E-state index is 13.6. The van der Waals surface area contributed by atoms with Crippen molar-refractivity contribution in [1.29, 1.82) is 0 Å². The summed E-state index contributed by atoms with van der Waals surface area (Å²) in [6.07, 6.45) is -0.0186. The van der Waals surface area contributed by atoms with Gasteiger partial charge in [-0.15, -0.1) is 0 Å². The molecule has 2 heterocycles. The third-order valence-electron chi connectivity index (χ3n) is 6.45. The largest absolute Gasteiger partial charge is 0.367 e. The first-order valence-electron chi connectivity index (χ1n) is 11.9. The molecular weight excluding hydrogens is 476 g/mol. The number of benzene rings is 3. The summed E-state index contributed by atoms with van der Waals surface area (Å²) in [4.78, 5) is 19.5. The van der Waals surface area contributed by atoms with Crippen LogP contribution in [-0.4, -0.2) is 37.7 Å². The maximum atomic E-state index is 13.6. The van der Waals surface area contributed by atoms with E-state index in [1.54, 1.807) is 24.3 Å². The fourth-order valence-electron chi connectivity index (χ4n) is 4.48. The van der Waals surface area contributed by atoms with Gasteiger partial charge in [0.05, 0.1) is 6.54 Å². The molecule has 1 aliphatic heterocycles. The zero-order chi connectivity index (χ0) is 26.2. The number of hydrogen-bond acceptors (Lipinski definition) is 5. The molecule has 1 aliphatic rings. The Bertz CT molecular complexity index is 1410. The molecule has 7 nitrogen and oxygen atoms in total. The summed E-state index contributed by atoms with van der Waals surface area (Å²) in [7, 11) is 0. The first-order chi connectivity index (χ1) is 17.7. The number of aromatic nitrogens is 2. The second-order valence-corrected chi connectivity index (χ2v) is 9.33. The predicted octanol–water partition coefficient (Wildman–Crippen LogP) is 4.11. The van der Waals surface area contributed by atoms with E-state index in [9.17, 15) is 18.7 Å². The van der Waals surface area contributed by atoms with Crippen LogP contribution in [0.25, 0.3) is 11.3 Å². The van der Waals surface area contributed by atoms with Gasteiger partial charge < -0.3 is 19.9 Å². The van der Waals surface area contributed by atoms with Gasteiger partial charge in [0.25, 0.3) is 5.91 Å². The fraction of sp³-hybridized carbons (Fsp3) is 0.214. The van der Waals surface area contributed by atoms with Gasteiger partial charge in [0.2, 0.25) is 0 Å². The Labute approximate surface area is 213 Å². The Kier molecular flexibility index (Phi) is 6.49. The number of aryl methyl sites for hydroxylation is 1. The summed E-state index contributed by atoms with van der Waals surface area (Å²) < 4.78 is 29.0. The van der Waals surface area contributed by atoms with Gasteiger partial charge in [0.15, 0.2) is 5.72 Å². The number of imidazole rings is 1. The van der Waals surface area contributed by atoms with E-state index in [1.165, 1.54) is 29.2 Å². The highest BCUT2D eigenvalue weighted by molar-refractivity contribution is 5.85. The van der Waals surface area contributed by atoms with Crippen LogP contribution in [-0.2, 0) is 24.3 Å². The minimum Gasteiger partial charge on any atom is -0.367 e. The number of fused-ring (bicyclic) bond motifs is 1. The molecule has 1 atom stereocenters. The lowest BCUT2D eigenvalue weighted by atomic mass is 10.0. The molecule has 0 unspecified atom stereocenters. The van der Waals surface area contributed by atoms with Crippen molar-refractivity contribution in [3.63, 3.8) is 0 Å². The number of carbonyl (C=O) groups excluding carboxylic acids is 1. The van der Waals surface area contributed by atoms with E-state index in [-0.39, 0.29) is 24.6 Å². The Hall–Kier alpha value is -4.08. The van der Waals surface area contributed by atoms with Gasteiger partial charge in [-0.3, -0.25) is 10.5 Å². The molecule has 0 aliphatic carbocycles. The highest BCUT2D eigenvalue weighted by atomic mass is 19.1. The molecule has 4 N–H and O–H groups in total. The molecule has 190 valence electrons. The van der Waals surface area contributed by atoms with Crippen molar-refractivity contribution in [3.8, 4) is 11.3 Å². The van der Waals surface area contributed by atoms with Crippen LogP contribution in [0.1, 0.15) is 17.0 Å². The van der Waals surface area contributed by atoms with Gasteiger partial charge in [-0.1, -0.05) is 29.8 Å². The van der Waals surface area contributed by atoms with Crippen molar-refractivity contribution in [2.45, 2.75) is 32.2 Å². The second kappa shape index (κ2) is 9.76. The number of hydrogen-bond donors (Lipinski definition) is 3. The van der Waals surface area contributed by atoms with Crippen LogP contribution in [0.5, 0.6) is 0 Å². The quantitative estimate of drug-likeness (QED) is 0.344. The number of nitrogens with zero attached hydrogens (tertiary/aromatic N) is 3. The average molecular weight is 504 g/mol. The average Bonchev–Trinajstić information content (AvgIpc) is 3.24. The third kappa shape index (κ3) is 5.23. The third-order valence-corrected chi connectivity index (χ3v) is 6.45. The van der Waals surface area contributed by atoms with Crippen LogP contribution in [0, 0.1) is 18.6 Å². The molecule has 3 aromatic carbocycles. The molecule has 4 aromatic rings. The van der Waals surface area contributed by atoms with Crippen molar-refractivity contribution < 1.29 is 18.7 Å². The highest BCUT2D eigenvalue weighted by Crippen LogP contribution is 2.33. The lowest BCUT2D eigenvalue weighted by Gasteiger charge is -2.34. The number of aliphatic hydroxyl groups is 1. The molecular formula is C28H27F2N5O2. The van der Waals surface area contributed by atoms with Crippen LogP contribution in [0.15, 0.2) is 72.8 Å². The topological polar surface area (TPSA) is 96.4 Å². The minimum absolute atomic E-state index is 0.0186. The summed E-state index contributed by atoms with van der Waals surface area (Å²) in [6.45, 7) is 2.78. The molecule has 9 heteroatoms. The number of amides is 1. The fourth-order valence-corrected chi connectivity index (χ4v) is 4.48. The van der Waals surface area contributed by atoms with E-state index in [0.29, 0.717) is 41.7 Å². The SMILES string of the molecule is Cc1ccc(C[C@](N)(O)C(=O)N2CCn3c(nc(-c4ccc(F)cc4)c3Nc3ccc(F)cc3)C2)cc1. The number of anilines is 2. The van der Waals surface area contributed by atoms with E-state index in [4.69, 9.17) is 10.7 Å². The van der Waals surface area contributed by atoms with Crippen LogP contribution in [0.2, 0.25) is 0 Å². The predicted molar refractivity (Wildman–Crippen MR) is 137 cm³/mol. The van der Waals surface area contributed by atoms with Gasteiger partial charge in [0.1, 0.15) is 29.0 Å². The summed E-state index contributed by atoms with van der Waals surface area (Å²) in [5.74, 6) is -0.0848. The zero-order valence-electron chi connectivity index (χ0n) is 20.3. The second-order valence-electron chi connectivity index (χ2n) is 9.33. The van der Waals surface area contributed by atoms with Gasteiger partial charge in [-0.25, -0.2) is 13.8 Å². The summed E-state index contributed by atoms with van der Waals surface area (Å²) >= 11 is 0. The highest BCUT2D eigenvalue weighted by Gasteiger charge is 2.38. The monoisotopic (exact) mass is 503 g/mol. The number of halogens is 2. The van der Waals surface area contributed by atoms with Crippen molar-refractivity contribution in [1.82, 2.24) is 14.5 Å². The molecule has 1 aromatic heterocycles. The normalized spacial score (nSPS) is 14.7. The van der Waals surface area contributed by atoms with Crippen molar-refractivity contribution in [3.05, 3.63) is 101 Å². The Morgan fingerprint density at radius 1 is 1.00 bits per heavy atom. The Morgan fingerprint density at radius 2 is 1.62 bits per heavy atom. The minimum atomic E-state index is -2.07. The standard InChI is InChI=1S/C28H27F2N5O2/c1-18-2-4-19(5-3-18)16-28(31,37)27(36)34-14-15-35-24(17-34)33-25(20-6-8-21(29)9-7-20)26(35)32-23-12-10-22(30)11-13-23/h2-13,32,37H,14-17,31H2,1H3/t28-/m0/s1. The zero-order valence-corrected chi connectivity index (χ0v) is 20.3. The number of rotatable bonds is 6. The van der Waals surface area contributed by atoms with E-state index in [0.717, 1.165) is 11.1 Å². The van der Waals surface area contributed by atoms with Crippen LogP contribution >= 0.6 is 0 Å². The summed E-state index contributed by atoms with van der Waals surface area (Å²) in [6, 6.07) is 19.4. The van der Waals surface area contributed by atoms with Crippen molar-refractivity contribution >= 4 is 17.4 Å². The molecule has 0 spiro atoms. The van der Waals surface area contributed by atoms with E-state index >= 15 is 0 Å². The van der Waals surface area contributed by atoms with Gasteiger partial charge in [-0.2, -0.15) is 0 Å². The van der Waals surface area contributed by atoms with Crippen molar-refractivity contribution in [2.75, 3.05) is 11.9 Å². The Morgan fingerprint density at radius 3 is 2.27 bits per heavy atom. The molecule has 0 saturated heterocycles. The van der Waals surface area contributed by atoms with Crippen molar-refractivity contribution in [2.24, 2.45) is 5.73 Å². The summed E-state index contributed by atoms with van der Waals surface area (Å²) in [5.41, 5.74) is 7.75. The molecule has 1 amide bonds. The van der Waals surface area contributed by atoms with Gasteiger partial charge >= 0.3 is 0 Å². The number of carbonyl (C=O) groups is 1. The van der Waals surface area contributed by atoms with E-state index in [2.05, 4.69) is 5.32 Å². The van der Waals surface area contributed by atoms with Gasteiger partial charge in [-0.05, 0) is 61.0 Å². The molecule has 0 bridgehead atoms. The lowest BCUT2D eigenvalue weighted by molar-refractivity contribution is -0.152. The molecule has 0 fully saturated rings. The smallest absolute Gasteiger partial charge is 0.270 e. The molecule has 0 radical (unpaired) electrons. The number of nitrogens with two attached hydrogens (primary N) is 1. The van der Waals surface area contributed by atoms with Crippen LogP contribution in [0.4, 0.5) is 20.3 Å². The molecule has 37 heavy (non-hydrogen) atoms. The van der Waals surface area contributed by atoms with E-state index < -0.39 is 11.6 Å². The van der Waals surface area contributed by atoms with Crippen LogP contribution in [0.3, 0.4) is 0 Å². The lowest BCUT2D eigenvalue weighted by Crippen LogP contribution is -2.58. The Balaban J connectivity index is 1.43. The number of nitrogens with one attached hydrogen (secondary N) is 1. The first-order valence-corrected chi connectivity index (χ1v) is 11.9. The maximum Gasteiger partial charge on any atom is 0.270 e.